The molecule has 0 fully saturated rings. The Morgan fingerprint density at radius 1 is 0.714 bits per heavy atom. The average molecular weight is 536 g/mol. The molecule has 2 aromatic carbocycles. The normalized spacial score (nSPS) is 9.81. The summed E-state index contributed by atoms with van der Waals surface area (Å²) < 4.78 is 2.52. The van der Waals surface area contributed by atoms with Crippen LogP contribution < -0.4 is 0 Å². The topological polar surface area (TPSA) is 25.8 Å². The van der Waals surface area contributed by atoms with E-state index in [2.05, 4.69) is 22.1 Å². The first-order chi connectivity index (χ1) is 10.3. The second-order valence-electron chi connectivity index (χ2n) is 3.69. The van der Waals surface area contributed by atoms with Crippen LogP contribution in [0.2, 0.25) is 0 Å². The van der Waals surface area contributed by atoms with Crippen molar-refractivity contribution in [3.05, 3.63) is 59.6 Å². The molecule has 4 rings (SSSR count). The van der Waals surface area contributed by atoms with E-state index in [4.69, 9.17) is 18.8 Å². The molecular weight excluding hydrogens is 526 g/mol. The van der Waals surface area contributed by atoms with Gasteiger partial charge in [0.25, 0.3) is 0 Å². The van der Waals surface area contributed by atoms with Crippen LogP contribution in [0.5, 0.6) is 0 Å². The Labute approximate surface area is 147 Å². The maximum absolute atomic E-state index is 4.88. The van der Waals surface area contributed by atoms with Crippen molar-refractivity contribution in [2.75, 3.05) is 0 Å². The third kappa shape index (κ3) is 5.31. The maximum Gasteiger partial charge on any atom is 0.0812 e. The van der Waals surface area contributed by atoms with Crippen molar-refractivity contribution < 1.29 is 16.5 Å². The van der Waals surface area contributed by atoms with E-state index in [-0.39, 0.29) is 0 Å². The molecule has 7 heteroatoms. The Bertz CT molecular complexity index is 662. The fourth-order valence-electron chi connectivity index (χ4n) is 1.61. The number of hydrogen-bond acceptors (Lipinski definition) is 4. The van der Waals surface area contributed by atoms with Crippen LogP contribution in [-0.4, -0.2) is 9.97 Å². The Hall–Kier alpha value is -0.512. The third-order valence-electron chi connectivity index (χ3n) is 2.47. The zero-order chi connectivity index (χ0) is 14.9. The van der Waals surface area contributed by atoms with Gasteiger partial charge in [0.15, 0.2) is 0 Å². The van der Waals surface area contributed by atoms with Crippen molar-refractivity contribution >= 4 is 61.9 Å². The molecule has 0 saturated heterocycles. The third-order valence-corrected chi connectivity index (χ3v) is 4.09. The summed E-state index contributed by atoms with van der Waals surface area (Å²) in [4.78, 5) is 8.27. The molecule has 0 aliphatic heterocycles. The number of halogens is 2. The number of thiazole rings is 2. The molecule has 0 unspecified atom stereocenters. The molecule has 4 aromatic rings. The molecule has 0 atom stereocenters. The minimum absolute atomic E-state index is 0.472. The predicted molar refractivity (Wildman–Crippen MR) is 90.9 cm³/mol. The van der Waals surface area contributed by atoms with Crippen molar-refractivity contribution in [2.24, 2.45) is 0 Å². The Morgan fingerprint density at radius 2 is 1.10 bits per heavy atom. The van der Waals surface area contributed by atoms with E-state index in [9.17, 15) is 0 Å². The quantitative estimate of drug-likeness (QED) is 0.277. The van der Waals surface area contributed by atoms with Gasteiger partial charge in [0.2, 0.25) is 0 Å². The molecule has 0 N–H and O–H groups in total. The minimum Gasteiger partial charge on any atom is -0.245 e. The van der Waals surface area contributed by atoms with Gasteiger partial charge in [-0.25, -0.2) is 9.97 Å². The van der Waals surface area contributed by atoms with Gasteiger partial charge in [0.1, 0.15) is 0 Å². The molecule has 112 valence electrons. The molecule has 0 radical (unpaired) electrons. The molecule has 0 bridgehead atoms. The minimum atomic E-state index is -0.472. The van der Waals surface area contributed by atoms with Crippen molar-refractivity contribution in [1.82, 2.24) is 9.97 Å². The van der Waals surface area contributed by atoms with Gasteiger partial charge in [0, 0.05) is 0 Å². The molecule has 0 aliphatic carbocycles. The van der Waals surface area contributed by atoms with Crippen LogP contribution >= 0.6 is 41.5 Å². The van der Waals surface area contributed by atoms with Crippen LogP contribution in [0.15, 0.2) is 59.6 Å². The molecule has 0 amide bonds. The van der Waals surface area contributed by atoms with Crippen LogP contribution in [0, 0.1) is 0 Å². The monoisotopic (exact) mass is 535 g/mol. The molecule has 0 spiro atoms. The number of aromatic nitrogens is 2. The summed E-state index contributed by atoms with van der Waals surface area (Å²) in [5.74, 6) is 0. The van der Waals surface area contributed by atoms with E-state index >= 15 is 0 Å². The smallest absolute Gasteiger partial charge is 0.0812 e. The van der Waals surface area contributed by atoms with Gasteiger partial charge < -0.3 is 0 Å². The van der Waals surface area contributed by atoms with E-state index < -0.39 is 16.5 Å². The first kappa shape index (κ1) is 16.9. The molecule has 2 heterocycles. The molecule has 0 aliphatic rings. The standard InChI is InChI=1S/2C7H5NS.2ClH.Pt/c2*1-2-4-7-6(3-1)8-5-9-7;;;/h2*1-5H;2*1H;/q;;;;+2/p-2. The molecule has 0 saturated carbocycles. The van der Waals surface area contributed by atoms with E-state index in [1.165, 1.54) is 9.40 Å². The van der Waals surface area contributed by atoms with Crippen molar-refractivity contribution in [3.63, 3.8) is 0 Å². The fourth-order valence-corrected chi connectivity index (χ4v) is 2.96. The Balaban J connectivity index is 0.000000130. The van der Waals surface area contributed by atoms with Gasteiger partial charge in [-0.15, -0.1) is 22.7 Å². The fraction of sp³-hybridized carbons (Fsp3) is 0. The zero-order valence-electron chi connectivity index (χ0n) is 10.6. The first-order valence-corrected chi connectivity index (χ1v) is 13.1. The summed E-state index contributed by atoms with van der Waals surface area (Å²) >= 11 is 2.88. The van der Waals surface area contributed by atoms with Gasteiger partial charge in [0.05, 0.1) is 31.5 Å². The SMILES string of the molecule is [Cl][Pt][Cl].c1ccc2scnc2c1.c1ccc2scnc2c1. The number of nitrogens with zero attached hydrogens (tertiary/aromatic N) is 2. The van der Waals surface area contributed by atoms with E-state index in [0.717, 1.165) is 11.0 Å². The predicted octanol–water partition coefficient (Wildman–Crippen LogP) is 5.97. The number of rotatable bonds is 0. The average Bonchev–Trinajstić information content (AvgIpc) is 3.17. The molecule has 2 nitrogen and oxygen atoms in total. The van der Waals surface area contributed by atoms with Crippen LogP contribution in [0.4, 0.5) is 0 Å². The maximum atomic E-state index is 4.88. The summed E-state index contributed by atoms with van der Waals surface area (Å²) in [7, 11) is 9.75. The van der Waals surface area contributed by atoms with Crippen LogP contribution in [0.3, 0.4) is 0 Å². The largest absolute Gasteiger partial charge is 0.245 e. The summed E-state index contributed by atoms with van der Waals surface area (Å²) in [6.07, 6.45) is 0. The van der Waals surface area contributed by atoms with Crippen molar-refractivity contribution in [3.8, 4) is 0 Å². The van der Waals surface area contributed by atoms with E-state index in [1.54, 1.807) is 22.7 Å². The summed E-state index contributed by atoms with van der Waals surface area (Å²) in [6, 6.07) is 16.3. The van der Waals surface area contributed by atoms with Crippen molar-refractivity contribution in [2.45, 2.75) is 0 Å². The van der Waals surface area contributed by atoms with Gasteiger partial charge in [-0.1, -0.05) is 24.3 Å². The van der Waals surface area contributed by atoms with Gasteiger partial charge in [-0.2, -0.15) is 0 Å². The number of fused-ring (bicyclic) bond motifs is 2. The van der Waals surface area contributed by atoms with E-state index in [0.29, 0.717) is 0 Å². The molecular formula is C14H10Cl2N2PtS2. The zero-order valence-corrected chi connectivity index (χ0v) is 16.0. The van der Waals surface area contributed by atoms with Crippen LogP contribution in [-0.2, 0) is 16.5 Å². The number of benzene rings is 2. The van der Waals surface area contributed by atoms with Crippen molar-refractivity contribution in [1.29, 1.82) is 0 Å². The van der Waals surface area contributed by atoms with Gasteiger partial charge >= 0.3 is 35.3 Å². The molecule has 2 aromatic heterocycles. The summed E-state index contributed by atoms with van der Waals surface area (Å²) in [5.41, 5.74) is 5.93. The Morgan fingerprint density at radius 3 is 1.48 bits per heavy atom. The number of hydrogen-bond donors (Lipinski definition) is 0. The Kier molecular flexibility index (Phi) is 7.62. The van der Waals surface area contributed by atoms with Crippen LogP contribution in [0.25, 0.3) is 20.4 Å². The van der Waals surface area contributed by atoms with Gasteiger partial charge in [-0.3, -0.25) is 0 Å². The summed E-state index contributed by atoms with van der Waals surface area (Å²) in [6.45, 7) is 0. The van der Waals surface area contributed by atoms with Crippen LogP contribution in [0.1, 0.15) is 0 Å². The van der Waals surface area contributed by atoms with E-state index in [1.807, 2.05) is 47.4 Å². The molecule has 21 heavy (non-hydrogen) atoms. The second-order valence-corrected chi connectivity index (χ2v) is 8.74. The summed E-state index contributed by atoms with van der Waals surface area (Å²) in [5, 5.41) is 0. The number of para-hydroxylation sites is 2. The first-order valence-electron chi connectivity index (χ1n) is 5.74. The second kappa shape index (κ2) is 9.49. The van der Waals surface area contributed by atoms with Gasteiger partial charge in [-0.05, 0) is 24.3 Å².